The van der Waals surface area contributed by atoms with E-state index in [-0.39, 0.29) is 12.2 Å². The number of hydrogen-bond donors (Lipinski definition) is 4. The SMILES string of the molecule is CC(C)(O)c1ccc(B(O)O)cc1.CC(C)Oc1ccc(-c2cnc3ccc(-c4ccc(C(C)(C)O)cc4)cn23)cc1.CC(C)Oc1ccc(-c2cnc3ccc(Br)cn23)cc1. The number of ether oxygens (including phenoxy) is 2. The van der Waals surface area contributed by atoms with Crippen LogP contribution in [0.1, 0.15) is 66.5 Å². The second-order valence-corrected chi connectivity index (χ2v) is 17.5. The first-order valence-electron chi connectivity index (χ1n) is 20.5. The van der Waals surface area contributed by atoms with Crippen LogP contribution in [0.5, 0.6) is 11.5 Å². The zero-order valence-electron chi connectivity index (χ0n) is 36.4. The molecule has 8 rings (SSSR count). The van der Waals surface area contributed by atoms with Gasteiger partial charge in [0.15, 0.2) is 0 Å². The minimum atomic E-state index is -1.45. The molecule has 0 aliphatic heterocycles. The van der Waals surface area contributed by atoms with Gasteiger partial charge in [0.25, 0.3) is 0 Å². The highest BCUT2D eigenvalue weighted by atomic mass is 79.9. The van der Waals surface area contributed by atoms with Gasteiger partial charge >= 0.3 is 7.12 Å². The predicted octanol–water partition coefficient (Wildman–Crippen LogP) is 9.83. The van der Waals surface area contributed by atoms with Crippen molar-refractivity contribution in [3.05, 3.63) is 162 Å². The number of aliphatic hydroxyl groups is 2. The third kappa shape index (κ3) is 11.8. The van der Waals surface area contributed by atoms with Crippen LogP contribution in [0.4, 0.5) is 0 Å². The maximum absolute atomic E-state index is 10.2. The van der Waals surface area contributed by atoms with Crippen molar-refractivity contribution < 1.29 is 29.7 Å². The van der Waals surface area contributed by atoms with Crippen molar-refractivity contribution in [1.82, 2.24) is 18.8 Å². The predicted molar refractivity (Wildman–Crippen MR) is 253 cm³/mol. The van der Waals surface area contributed by atoms with E-state index in [2.05, 4.69) is 71.2 Å². The largest absolute Gasteiger partial charge is 0.491 e. The normalized spacial score (nSPS) is 11.6. The molecule has 4 aromatic heterocycles. The molecular weight excluding hydrogens is 843 g/mol. The molecule has 0 aliphatic rings. The molecule has 10 nitrogen and oxygen atoms in total. The van der Waals surface area contributed by atoms with E-state index >= 15 is 0 Å². The van der Waals surface area contributed by atoms with Gasteiger partial charge in [-0.15, -0.1) is 0 Å². The molecule has 320 valence electrons. The van der Waals surface area contributed by atoms with E-state index in [0.29, 0.717) is 5.46 Å². The number of halogens is 1. The quantitative estimate of drug-likeness (QED) is 0.0998. The standard InChI is InChI=1S/C25H26N2O2.C16H15BrN2O.C9H13BO3/c1-17(2)29-22-12-7-19(8-13-22)23-15-26-24-14-9-20(16-27(23)24)18-5-10-21(11-6-18)25(3,4)28;1-11(2)20-14-6-3-12(4-7-14)15-9-18-16-8-5-13(17)10-19(15)16;1-9(2,11)7-3-5-8(6-4-7)10(12)13/h5-17,28H,1-4H3;3-11H,1-2H3;3-6,11-13H,1-2H3. The minimum absolute atomic E-state index is 0.155. The smallest absolute Gasteiger partial charge is 0.488 e. The minimum Gasteiger partial charge on any atom is -0.491 e. The number of nitrogens with zero attached hydrogens (tertiary/aromatic N) is 4. The Kier molecular flexibility index (Phi) is 14.4. The average Bonchev–Trinajstić information content (AvgIpc) is 3.85. The van der Waals surface area contributed by atoms with Crippen molar-refractivity contribution >= 4 is 39.8 Å². The van der Waals surface area contributed by atoms with Gasteiger partial charge in [-0.25, -0.2) is 9.97 Å². The van der Waals surface area contributed by atoms with Crippen molar-refractivity contribution in [2.24, 2.45) is 0 Å². The van der Waals surface area contributed by atoms with Crippen molar-refractivity contribution in [2.75, 3.05) is 0 Å². The fourth-order valence-corrected chi connectivity index (χ4v) is 6.96. The van der Waals surface area contributed by atoms with Gasteiger partial charge in [-0.05, 0) is 172 Å². The molecule has 12 heteroatoms. The lowest BCUT2D eigenvalue weighted by atomic mass is 9.79. The Morgan fingerprint density at radius 1 is 0.516 bits per heavy atom. The van der Waals surface area contributed by atoms with Crippen LogP contribution >= 0.6 is 15.9 Å². The number of fused-ring (bicyclic) bond motifs is 2. The lowest BCUT2D eigenvalue weighted by molar-refractivity contribution is 0.0780. The van der Waals surface area contributed by atoms with Gasteiger partial charge in [-0.3, -0.25) is 8.80 Å². The van der Waals surface area contributed by atoms with E-state index in [9.17, 15) is 10.2 Å². The highest BCUT2D eigenvalue weighted by molar-refractivity contribution is 9.10. The summed E-state index contributed by atoms with van der Waals surface area (Å²) in [6.07, 6.45) is 8.26. The van der Waals surface area contributed by atoms with Gasteiger partial charge in [-0.2, -0.15) is 0 Å². The maximum atomic E-state index is 10.2. The molecule has 0 fully saturated rings. The van der Waals surface area contributed by atoms with E-state index in [1.54, 1.807) is 52.0 Å². The van der Waals surface area contributed by atoms with Gasteiger partial charge in [0.05, 0.1) is 47.2 Å². The molecule has 4 aromatic carbocycles. The van der Waals surface area contributed by atoms with Crippen molar-refractivity contribution in [2.45, 2.75) is 78.8 Å². The van der Waals surface area contributed by atoms with Crippen LogP contribution in [0.25, 0.3) is 44.9 Å². The van der Waals surface area contributed by atoms with Crippen molar-refractivity contribution in [3.63, 3.8) is 0 Å². The summed E-state index contributed by atoms with van der Waals surface area (Å²) in [4.78, 5) is 8.96. The molecule has 8 aromatic rings. The molecule has 0 aliphatic carbocycles. The molecule has 0 bridgehead atoms. The molecule has 62 heavy (non-hydrogen) atoms. The first-order chi connectivity index (χ1) is 29.3. The van der Waals surface area contributed by atoms with E-state index in [4.69, 9.17) is 19.5 Å². The molecular formula is C50H54BBrN4O6. The number of rotatable bonds is 10. The van der Waals surface area contributed by atoms with Crippen LogP contribution in [0, 0.1) is 0 Å². The van der Waals surface area contributed by atoms with E-state index < -0.39 is 18.3 Å². The summed E-state index contributed by atoms with van der Waals surface area (Å²) in [5, 5.41) is 37.4. The Morgan fingerprint density at radius 2 is 0.903 bits per heavy atom. The average molecular weight is 898 g/mol. The maximum Gasteiger partial charge on any atom is 0.488 e. The van der Waals surface area contributed by atoms with Crippen LogP contribution in [0.2, 0.25) is 0 Å². The van der Waals surface area contributed by atoms with Crippen LogP contribution in [0.15, 0.2) is 151 Å². The highest BCUT2D eigenvalue weighted by Crippen LogP contribution is 2.29. The van der Waals surface area contributed by atoms with Gasteiger partial charge in [0.1, 0.15) is 22.8 Å². The number of benzene rings is 4. The van der Waals surface area contributed by atoms with Crippen molar-refractivity contribution in [1.29, 1.82) is 0 Å². The summed E-state index contributed by atoms with van der Waals surface area (Å²) in [7, 11) is -1.45. The van der Waals surface area contributed by atoms with E-state index in [1.807, 2.05) is 113 Å². The Labute approximate surface area is 372 Å². The van der Waals surface area contributed by atoms with Crippen molar-refractivity contribution in [3.8, 4) is 45.1 Å². The third-order valence-electron chi connectivity index (χ3n) is 9.86. The highest BCUT2D eigenvalue weighted by Gasteiger charge is 2.18. The Morgan fingerprint density at radius 3 is 1.32 bits per heavy atom. The number of hydrogen-bond acceptors (Lipinski definition) is 8. The summed E-state index contributed by atoms with van der Waals surface area (Å²) in [6.45, 7) is 15.0. The first kappa shape index (κ1) is 45.8. The van der Waals surface area contributed by atoms with Crippen LogP contribution in [0.3, 0.4) is 0 Å². The summed E-state index contributed by atoms with van der Waals surface area (Å²) >= 11 is 3.49. The third-order valence-corrected chi connectivity index (χ3v) is 10.3. The number of pyridine rings is 2. The molecule has 0 saturated heterocycles. The first-order valence-corrected chi connectivity index (χ1v) is 21.3. The summed E-state index contributed by atoms with van der Waals surface area (Å²) in [5.41, 5.74) is 8.67. The molecule has 0 atom stereocenters. The molecule has 0 amide bonds. The Hall–Kier alpha value is -5.76. The van der Waals surface area contributed by atoms with Gasteiger partial charge in [0.2, 0.25) is 0 Å². The van der Waals surface area contributed by atoms with Crippen LogP contribution in [-0.4, -0.2) is 58.4 Å². The zero-order valence-corrected chi connectivity index (χ0v) is 37.9. The number of imidazole rings is 2. The van der Waals surface area contributed by atoms with Gasteiger partial charge in [0, 0.05) is 28.0 Å². The fourth-order valence-electron chi connectivity index (χ4n) is 6.62. The topological polar surface area (TPSA) is 134 Å². The molecule has 0 spiro atoms. The lowest BCUT2D eigenvalue weighted by Gasteiger charge is -2.18. The Balaban J connectivity index is 0.000000168. The van der Waals surface area contributed by atoms with E-state index in [1.165, 1.54) is 0 Å². The van der Waals surface area contributed by atoms with Gasteiger partial charge in [-0.1, -0.05) is 48.5 Å². The molecule has 0 radical (unpaired) electrons. The fraction of sp³-hybridized carbons (Fsp3) is 0.240. The summed E-state index contributed by atoms with van der Waals surface area (Å²) in [6, 6.07) is 38.8. The van der Waals surface area contributed by atoms with E-state index in [0.717, 1.165) is 72.0 Å². The molecule has 4 heterocycles. The molecule has 4 N–H and O–H groups in total. The molecule has 0 saturated carbocycles. The molecule has 0 unspecified atom stereocenters. The number of aromatic nitrogens is 4. The van der Waals surface area contributed by atoms with Crippen LogP contribution in [-0.2, 0) is 11.2 Å². The zero-order chi connectivity index (χ0) is 44.8. The lowest BCUT2D eigenvalue weighted by Crippen LogP contribution is -2.30. The Bertz CT molecular complexity index is 2680. The van der Waals surface area contributed by atoms with Crippen LogP contribution < -0.4 is 14.9 Å². The summed E-state index contributed by atoms with van der Waals surface area (Å²) < 4.78 is 16.6. The summed E-state index contributed by atoms with van der Waals surface area (Å²) in [5.74, 6) is 1.75. The monoisotopic (exact) mass is 896 g/mol. The van der Waals surface area contributed by atoms with Gasteiger partial charge < -0.3 is 29.7 Å². The second-order valence-electron chi connectivity index (χ2n) is 16.6. The second kappa shape index (κ2) is 19.5.